The SMILES string of the molecule is S=PI.[3H]Oc1ccc([C@H]2CCCC[C@@H]2OCc2ccc(Br)cc2)cc1. The van der Waals surface area contributed by atoms with Gasteiger partial charge >= 0.3 is 0 Å². The van der Waals surface area contributed by atoms with Gasteiger partial charge in [0.05, 0.1) is 12.7 Å². The molecule has 0 unspecified atom stereocenters. The number of aromatic hydroxyl groups is 1. The van der Waals surface area contributed by atoms with Crippen molar-refractivity contribution in [2.24, 2.45) is 0 Å². The summed E-state index contributed by atoms with van der Waals surface area (Å²) in [6.07, 6.45) is 5.01. The molecule has 134 valence electrons. The lowest BCUT2D eigenvalue weighted by Gasteiger charge is -2.32. The molecule has 0 aliphatic heterocycles. The number of hydrogen-bond acceptors (Lipinski definition) is 3. The molecule has 0 amide bonds. The minimum atomic E-state index is 0.259. The molecule has 2 aromatic rings. The van der Waals surface area contributed by atoms with Gasteiger partial charge in [0.25, 0.3) is 1.43 Å². The van der Waals surface area contributed by atoms with Gasteiger partial charge < -0.3 is 9.85 Å². The Morgan fingerprint density at radius 2 is 1.80 bits per heavy atom. The fourth-order valence-corrected chi connectivity index (χ4v) is 3.44. The van der Waals surface area contributed by atoms with Crippen LogP contribution in [0.2, 0.25) is 0 Å². The lowest BCUT2D eigenvalue weighted by atomic mass is 9.81. The predicted molar refractivity (Wildman–Crippen MR) is 120 cm³/mol. The second kappa shape index (κ2) is 11.6. The topological polar surface area (TPSA) is 29.5 Å². The van der Waals surface area contributed by atoms with Gasteiger partial charge in [-0.15, -0.1) is 0 Å². The minimum Gasteiger partial charge on any atom is -0.508 e. The van der Waals surface area contributed by atoms with Crippen molar-refractivity contribution in [1.29, 1.82) is 1.43 Å². The Morgan fingerprint density at radius 3 is 2.44 bits per heavy atom. The van der Waals surface area contributed by atoms with Crippen LogP contribution in [0, 0.1) is 0 Å². The van der Waals surface area contributed by atoms with Crippen LogP contribution in [0.3, 0.4) is 0 Å². The number of halogens is 2. The van der Waals surface area contributed by atoms with Gasteiger partial charge in [-0.1, -0.05) is 53.0 Å². The van der Waals surface area contributed by atoms with E-state index in [4.69, 9.17) is 6.17 Å². The fraction of sp³-hybridized carbons (Fsp3) is 0.368. The first-order valence-corrected chi connectivity index (χ1v) is 13.7. The molecule has 1 saturated carbocycles. The first-order valence-electron chi connectivity index (χ1n) is 8.61. The molecular weight excluding hydrogens is 530 g/mol. The van der Waals surface area contributed by atoms with Crippen LogP contribution in [0.25, 0.3) is 0 Å². The molecule has 0 bridgehead atoms. The molecule has 3 rings (SSSR count). The molecule has 2 aromatic carbocycles. The van der Waals surface area contributed by atoms with Gasteiger partial charge in [-0.05, 0) is 82.1 Å². The summed E-state index contributed by atoms with van der Waals surface area (Å²) in [5, 5.41) is 4.51. The fourth-order valence-electron chi connectivity index (χ4n) is 3.18. The average molecular weight is 553 g/mol. The van der Waals surface area contributed by atoms with E-state index in [9.17, 15) is 0 Å². The summed E-state index contributed by atoms with van der Waals surface area (Å²) in [6.45, 7) is 0.655. The van der Waals surface area contributed by atoms with Crippen LogP contribution in [0.15, 0.2) is 53.0 Å². The van der Waals surface area contributed by atoms with Crippen LogP contribution in [0.4, 0.5) is 0 Å². The predicted octanol–water partition coefficient (Wildman–Crippen LogP) is 7.14. The van der Waals surface area contributed by atoms with E-state index in [1.54, 1.807) is 0 Å². The molecule has 0 spiro atoms. The van der Waals surface area contributed by atoms with E-state index in [0.717, 1.165) is 22.3 Å². The molecule has 25 heavy (non-hydrogen) atoms. The number of rotatable bonds is 5. The maximum atomic E-state index is 6.95. The Balaban J connectivity index is 0.000000758. The zero-order valence-electron chi connectivity index (χ0n) is 14.7. The van der Waals surface area contributed by atoms with Crippen molar-refractivity contribution >= 4 is 54.8 Å². The molecule has 0 radical (unpaired) electrons. The molecule has 6 heteroatoms. The van der Waals surface area contributed by atoms with Crippen molar-refractivity contribution in [1.82, 2.24) is 0 Å². The van der Waals surface area contributed by atoms with E-state index in [0.29, 0.717) is 18.3 Å². The summed E-state index contributed by atoms with van der Waals surface area (Å²) in [5.74, 6) is 1.01. The van der Waals surface area contributed by atoms with E-state index >= 15 is 0 Å². The second-order valence-electron chi connectivity index (χ2n) is 6.00. The highest BCUT2D eigenvalue weighted by atomic mass is 127. The quantitative estimate of drug-likeness (QED) is 0.316. The molecule has 1 N–H and O–H groups in total. The Labute approximate surface area is 179 Å². The lowest BCUT2D eigenvalue weighted by Crippen LogP contribution is -2.26. The summed E-state index contributed by atoms with van der Waals surface area (Å²) >= 11 is 9.89. The van der Waals surface area contributed by atoms with Crippen LogP contribution in [-0.2, 0) is 23.2 Å². The van der Waals surface area contributed by atoms with Crippen LogP contribution in [-0.4, -0.2) is 12.6 Å². The Hall–Kier alpha value is -0.0700. The molecule has 2 atom stereocenters. The smallest absolute Gasteiger partial charge is 0.293 e. The van der Waals surface area contributed by atoms with Crippen LogP contribution < -0.4 is 0 Å². The maximum absolute atomic E-state index is 6.95. The third-order valence-corrected chi connectivity index (χ3v) is 4.92. The number of ether oxygens (including phenoxy) is 1. The lowest BCUT2D eigenvalue weighted by molar-refractivity contribution is 0.00197. The van der Waals surface area contributed by atoms with Gasteiger partial charge in [0.1, 0.15) is 5.75 Å². The molecule has 0 saturated heterocycles. The molecular formula is C19H21BrIO2PS. The van der Waals surface area contributed by atoms with Crippen LogP contribution in [0.1, 0.15) is 42.7 Å². The van der Waals surface area contributed by atoms with E-state index < -0.39 is 0 Å². The number of phenols is 1. The van der Waals surface area contributed by atoms with E-state index in [2.05, 4.69) is 91.3 Å². The average Bonchev–Trinajstić information content (AvgIpc) is 2.68. The Kier molecular flexibility index (Phi) is 9.14. The van der Waals surface area contributed by atoms with Crippen molar-refractivity contribution in [3.05, 3.63) is 64.1 Å². The minimum absolute atomic E-state index is 0.259. The zero-order valence-corrected chi connectivity index (χ0v) is 19.2. The number of phenolic OH excluding ortho intramolecular Hbond substituents is 1. The van der Waals surface area contributed by atoms with Crippen LogP contribution >= 0.6 is 43.0 Å². The summed E-state index contributed by atoms with van der Waals surface area (Å²) in [5.41, 5.74) is 2.49. The van der Waals surface area contributed by atoms with Crippen molar-refractivity contribution in [3.63, 3.8) is 0 Å². The highest BCUT2D eigenvalue weighted by Crippen LogP contribution is 2.36. The van der Waals surface area contributed by atoms with Gasteiger partial charge in [-0.2, -0.15) is 0 Å². The first kappa shape index (κ1) is 19.7. The molecule has 2 nitrogen and oxygen atoms in total. The Morgan fingerprint density at radius 1 is 1.16 bits per heavy atom. The van der Waals surface area contributed by atoms with E-state index in [1.165, 1.54) is 24.0 Å². The first-order chi connectivity index (χ1) is 12.7. The normalized spacial score (nSPS) is 20.3. The Bertz CT molecular complexity index is 672. The molecule has 0 aromatic heterocycles. The standard InChI is InChI=1S/C19H21BrO2.IPS/c20-16-9-5-14(6-10-16)13-22-19-4-2-1-3-18(19)15-7-11-17(21)12-8-15;1-2-3/h5-12,18-19,21H,1-4,13H2;/t18-,19+;/m1./s1/i/hT. The second-order valence-corrected chi connectivity index (χ2v) is 11.0. The number of hydrogen-bond donors (Lipinski definition) is 1. The van der Waals surface area contributed by atoms with Crippen molar-refractivity contribution in [2.75, 3.05) is 0 Å². The summed E-state index contributed by atoms with van der Waals surface area (Å²) < 4.78 is 14.3. The van der Waals surface area contributed by atoms with Gasteiger partial charge in [0.15, 0.2) is 0 Å². The third-order valence-electron chi connectivity index (χ3n) is 4.39. The summed E-state index contributed by atoms with van der Waals surface area (Å²) in [7, 11) is 0. The summed E-state index contributed by atoms with van der Waals surface area (Å²) in [6, 6.07) is 16.2. The third kappa shape index (κ3) is 7.22. The molecule has 1 aliphatic rings. The van der Waals surface area contributed by atoms with E-state index in [-0.39, 0.29) is 6.10 Å². The van der Waals surface area contributed by atoms with Crippen molar-refractivity contribution < 1.29 is 9.85 Å². The monoisotopic (exact) mass is 552 g/mol. The van der Waals surface area contributed by atoms with Crippen LogP contribution in [0.5, 0.6) is 5.75 Å². The van der Waals surface area contributed by atoms with Crippen molar-refractivity contribution in [3.8, 4) is 5.75 Å². The zero-order chi connectivity index (χ0) is 18.8. The molecule has 0 heterocycles. The van der Waals surface area contributed by atoms with Crippen molar-refractivity contribution in [2.45, 2.75) is 44.3 Å². The van der Waals surface area contributed by atoms with Gasteiger partial charge in [-0.25, -0.2) is 0 Å². The number of benzene rings is 2. The van der Waals surface area contributed by atoms with Gasteiger partial charge in [-0.3, -0.25) is 0 Å². The highest BCUT2D eigenvalue weighted by Gasteiger charge is 2.27. The van der Waals surface area contributed by atoms with E-state index in [1.807, 2.05) is 12.1 Å². The molecule has 1 fully saturated rings. The largest absolute Gasteiger partial charge is 0.508 e. The van der Waals surface area contributed by atoms with Gasteiger partial charge in [0.2, 0.25) is 0 Å². The highest BCUT2D eigenvalue weighted by molar-refractivity contribution is 14.2. The molecule has 1 aliphatic carbocycles. The summed E-state index contributed by atoms with van der Waals surface area (Å²) in [4.78, 5) is 0.970. The van der Waals surface area contributed by atoms with Gasteiger partial charge in [0, 0.05) is 15.4 Å². The maximum Gasteiger partial charge on any atom is 0.293 e.